The molecule has 208 valence electrons. The average Bonchev–Trinajstić information content (AvgIpc) is 3.67. The highest BCUT2D eigenvalue weighted by Gasteiger charge is 2.33. The zero-order valence-corrected chi connectivity index (χ0v) is 22.7. The van der Waals surface area contributed by atoms with Crippen LogP contribution in [0.15, 0.2) is 72.8 Å². The predicted octanol–water partition coefficient (Wildman–Crippen LogP) is 3.51. The highest BCUT2D eigenvalue weighted by molar-refractivity contribution is 5.89. The Labute approximate surface area is 232 Å². The van der Waals surface area contributed by atoms with Crippen molar-refractivity contribution in [3.8, 4) is 11.5 Å². The molecule has 10 nitrogen and oxygen atoms in total. The van der Waals surface area contributed by atoms with Crippen LogP contribution in [0.4, 0.5) is 0 Å². The number of carbonyl (C=O) groups excluding carboxylic acids is 2. The Morgan fingerprint density at radius 1 is 1.05 bits per heavy atom. The Hall–Kier alpha value is -4.44. The van der Waals surface area contributed by atoms with Gasteiger partial charge in [-0.2, -0.15) is 0 Å². The number of nitrogens with zero attached hydrogens (tertiary/aromatic N) is 4. The topological polar surface area (TPSA) is 108 Å². The monoisotopic (exact) mass is 543 g/mol. The molecule has 1 saturated heterocycles. The summed E-state index contributed by atoms with van der Waals surface area (Å²) in [4.78, 5) is 29.6. The predicted molar refractivity (Wildman–Crippen MR) is 149 cm³/mol. The molecule has 4 aromatic rings. The second-order valence-corrected chi connectivity index (χ2v) is 9.63. The van der Waals surface area contributed by atoms with E-state index >= 15 is 0 Å². The molecule has 0 spiro atoms. The van der Waals surface area contributed by atoms with Crippen LogP contribution in [0.3, 0.4) is 0 Å². The van der Waals surface area contributed by atoms with Crippen LogP contribution in [-0.4, -0.2) is 65.2 Å². The Morgan fingerprint density at radius 3 is 2.58 bits per heavy atom. The van der Waals surface area contributed by atoms with Crippen molar-refractivity contribution in [2.75, 3.05) is 27.4 Å². The van der Waals surface area contributed by atoms with Crippen LogP contribution < -0.4 is 14.8 Å². The lowest BCUT2D eigenvalue weighted by molar-refractivity contribution is -0.142. The summed E-state index contributed by atoms with van der Waals surface area (Å²) in [5.74, 6) is 0.681. The lowest BCUT2D eigenvalue weighted by Crippen LogP contribution is -2.46. The van der Waals surface area contributed by atoms with Gasteiger partial charge in [-0.05, 0) is 48.7 Å². The van der Waals surface area contributed by atoms with E-state index in [1.807, 2.05) is 60.7 Å². The van der Waals surface area contributed by atoms with Gasteiger partial charge in [0.25, 0.3) is 0 Å². The number of nitrogens with one attached hydrogen (secondary N) is 1. The molecule has 1 aliphatic heterocycles. The standard InChI is InChI=1S/C30H33N5O5/c1-38-23-15-13-21(14-16-23)29(30(37)31-18-24-9-7-17-40-24)34(19-22-8-3-6-12-27(22)39-2)28(36)20-35-26-11-5-4-10-25(26)32-33-35/h3-6,8,10-16,24,29H,7,9,17-20H2,1-2H3,(H,31,37)/t24-,29-/m0/s1. The quantitative estimate of drug-likeness (QED) is 0.308. The highest BCUT2D eigenvalue weighted by Crippen LogP contribution is 2.29. The first-order valence-electron chi connectivity index (χ1n) is 13.3. The molecule has 0 radical (unpaired) electrons. The zero-order chi connectivity index (χ0) is 27.9. The first-order valence-corrected chi connectivity index (χ1v) is 13.3. The molecule has 2 atom stereocenters. The highest BCUT2D eigenvalue weighted by atomic mass is 16.5. The Kier molecular flexibility index (Phi) is 8.56. The van der Waals surface area contributed by atoms with E-state index in [2.05, 4.69) is 15.6 Å². The molecule has 0 aliphatic carbocycles. The van der Waals surface area contributed by atoms with Gasteiger partial charge >= 0.3 is 0 Å². The van der Waals surface area contributed by atoms with Gasteiger partial charge in [-0.3, -0.25) is 9.59 Å². The third-order valence-corrected chi connectivity index (χ3v) is 7.08. The van der Waals surface area contributed by atoms with Crippen molar-refractivity contribution in [2.24, 2.45) is 0 Å². The van der Waals surface area contributed by atoms with E-state index in [9.17, 15) is 9.59 Å². The van der Waals surface area contributed by atoms with Crippen molar-refractivity contribution in [1.82, 2.24) is 25.2 Å². The van der Waals surface area contributed by atoms with Gasteiger partial charge in [0.2, 0.25) is 11.8 Å². The fourth-order valence-electron chi connectivity index (χ4n) is 4.97. The summed E-state index contributed by atoms with van der Waals surface area (Å²) in [5, 5.41) is 11.4. The number of rotatable bonds is 11. The molecule has 40 heavy (non-hydrogen) atoms. The maximum absolute atomic E-state index is 14.1. The molecule has 1 fully saturated rings. The molecular weight excluding hydrogens is 510 g/mol. The Morgan fingerprint density at radius 2 is 1.82 bits per heavy atom. The Bertz CT molecular complexity index is 1450. The van der Waals surface area contributed by atoms with Crippen LogP contribution in [0.1, 0.15) is 30.0 Å². The van der Waals surface area contributed by atoms with Gasteiger partial charge in [-0.15, -0.1) is 5.10 Å². The maximum atomic E-state index is 14.1. The molecule has 0 bridgehead atoms. The van der Waals surface area contributed by atoms with E-state index in [0.717, 1.165) is 23.9 Å². The van der Waals surface area contributed by atoms with Gasteiger partial charge in [-0.1, -0.05) is 47.7 Å². The van der Waals surface area contributed by atoms with Gasteiger partial charge < -0.3 is 24.4 Å². The van der Waals surface area contributed by atoms with Crippen molar-refractivity contribution in [3.05, 3.63) is 83.9 Å². The van der Waals surface area contributed by atoms with Crippen LogP contribution in [0.25, 0.3) is 11.0 Å². The SMILES string of the molecule is COc1ccc([C@@H](C(=O)NC[C@@H]2CCCO2)N(Cc2ccccc2OC)C(=O)Cn2nnc3ccccc32)cc1. The van der Waals surface area contributed by atoms with E-state index in [1.54, 1.807) is 35.9 Å². The second-order valence-electron chi connectivity index (χ2n) is 9.63. The summed E-state index contributed by atoms with van der Waals surface area (Å²) >= 11 is 0. The molecule has 5 rings (SSSR count). The number of fused-ring (bicyclic) bond motifs is 1. The minimum Gasteiger partial charge on any atom is -0.497 e. The van der Waals surface area contributed by atoms with E-state index in [1.165, 1.54) is 0 Å². The Balaban J connectivity index is 1.52. The van der Waals surface area contributed by atoms with E-state index < -0.39 is 6.04 Å². The van der Waals surface area contributed by atoms with Gasteiger partial charge in [-0.25, -0.2) is 4.68 Å². The third kappa shape index (κ3) is 6.07. The number of para-hydroxylation sites is 2. The first-order chi connectivity index (χ1) is 19.6. The molecule has 1 aromatic heterocycles. The molecule has 3 aromatic carbocycles. The van der Waals surface area contributed by atoms with Crippen molar-refractivity contribution < 1.29 is 23.8 Å². The first kappa shape index (κ1) is 27.1. The minimum atomic E-state index is -0.931. The van der Waals surface area contributed by atoms with Crippen LogP contribution in [0.5, 0.6) is 11.5 Å². The fourth-order valence-corrected chi connectivity index (χ4v) is 4.97. The number of carbonyl (C=O) groups is 2. The van der Waals surface area contributed by atoms with E-state index in [4.69, 9.17) is 14.2 Å². The van der Waals surface area contributed by atoms with E-state index in [-0.39, 0.29) is 31.0 Å². The fraction of sp³-hybridized carbons (Fsp3) is 0.333. The molecule has 1 aliphatic rings. The summed E-state index contributed by atoms with van der Waals surface area (Å²) < 4.78 is 18.2. The number of ether oxygens (including phenoxy) is 3. The lowest BCUT2D eigenvalue weighted by Gasteiger charge is -2.32. The van der Waals surface area contributed by atoms with Crippen molar-refractivity contribution in [1.29, 1.82) is 0 Å². The maximum Gasteiger partial charge on any atom is 0.247 e. The number of hydrogen-bond donors (Lipinski definition) is 1. The molecule has 2 heterocycles. The average molecular weight is 544 g/mol. The lowest BCUT2D eigenvalue weighted by atomic mass is 10.0. The molecule has 2 amide bonds. The largest absolute Gasteiger partial charge is 0.497 e. The molecule has 0 saturated carbocycles. The summed E-state index contributed by atoms with van der Waals surface area (Å²) in [5.41, 5.74) is 2.84. The van der Waals surface area contributed by atoms with Crippen LogP contribution >= 0.6 is 0 Å². The molecular formula is C30H33N5O5. The smallest absolute Gasteiger partial charge is 0.247 e. The van der Waals surface area contributed by atoms with Crippen molar-refractivity contribution in [2.45, 2.75) is 38.1 Å². The zero-order valence-electron chi connectivity index (χ0n) is 22.7. The summed E-state index contributed by atoms with van der Waals surface area (Å²) in [7, 11) is 3.17. The van der Waals surface area contributed by atoms with Crippen LogP contribution in [-0.2, 0) is 27.4 Å². The number of hydrogen-bond acceptors (Lipinski definition) is 7. The summed E-state index contributed by atoms with van der Waals surface area (Å²) in [6.07, 6.45) is 1.81. The van der Waals surface area contributed by atoms with Gasteiger partial charge in [0.15, 0.2) is 0 Å². The molecule has 0 unspecified atom stereocenters. The van der Waals surface area contributed by atoms with Gasteiger partial charge in [0, 0.05) is 18.7 Å². The normalized spacial score (nSPS) is 15.5. The van der Waals surface area contributed by atoms with Crippen molar-refractivity contribution >= 4 is 22.8 Å². The number of methoxy groups -OCH3 is 2. The van der Waals surface area contributed by atoms with Crippen LogP contribution in [0.2, 0.25) is 0 Å². The number of amides is 2. The number of benzene rings is 3. The second kappa shape index (κ2) is 12.6. The van der Waals surface area contributed by atoms with Gasteiger partial charge in [0.05, 0.1) is 32.4 Å². The van der Waals surface area contributed by atoms with E-state index in [0.29, 0.717) is 35.7 Å². The minimum absolute atomic E-state index is 0.0413. The number of aromatic nitrogens is 3. The summed E-state index contributed by atoms with van der Waals surface area (Å²) in [6, 6.07) is 21.2. The summed E-state index contributed by atoms with van der Waals surface area (Å²) in [6.45, 7) is 1.10. The van der Waals surface area contributed by atoms with Crippen LogP contribution in [0, 0.1) is 0 Å². The third-order valence-electron chi connectivity index (χ3n) is 7.08. The molecule has 10 heteroatoms. The van der Waals surface area contributed by atoms with Gasteiger partial charge in [0.1, 0.15) is 29.6 Å². The molecule has 1 N–H and O–H groups in total. The van der Waals surface area contributed by atoms with Crippen molar-refractivity contribution in [3.63, 3.8) is 0 Å².